The van der Waals surface area contributed by atoms with Gasteiger partial charge in [-0.3, -0.25) is 4.79 Å². The van der Waals surface area contributed by atoms with Crippen LogP contribution in [0.1, 0.15) is 45.1 Å². The molecule has 0 aliphatic carbocycles. The van der Waals surface area contributed by atoms with Crippen LogP contribution in [0.3, 0.4) is 0 Å². The van der Waals surface area contributed by atoms with Crippen LogP contribution in [0, 0.1) is 5.92 Å². The van der Waals surface area contributed by atoms with Crippen LogP contribution in [0.25, 0.3) is 0 Å². The Morgan fingerprint density at radius 1 is 1.26 bits per heavy atom. The van der Waals surface area contributed by atoms with Crippen LogP contribution in [0.4, 0.5) is 0 Å². The molecule has 1 heterocycles. The van der Waals surface area contributed by atoms with Gasteiger partial charge in [-0.25, -0.2) is 0 Å². The smallest absolute Gasteiger partial charge is 0.224 e. The minimum absolute atomic E-state index is 0.0159. The van der Waals surface area contributed by atoms with Crippen LogP contribution in [-0.2, 0) is 9.53 Å². The summed E-state index contributed by atoms with van der Waals surface area (Å²) in [5.74, 6) is 1.00. The molecular formula is C19H30N2O2. The molecule has 1 unspecified atom stereocenters. The molecule has 128 valence electrons. The van der Waals surface area contributed by atoms with Gasteiger partial charge in [0.25, 0.3) is 0 Å². The van der Waals surface area contributed by atoms with Crippen LogP contribution in [0.2, 0.25) is 0 Å². The highest BCUT2D eigenvalue weighted by atomic mass is 16.5. The Labute approximate surface area is 140 Å². The van der Waals surface area contributed by atoms with E-state index in [1.54, 1.807) is 0 Å². The highest BCUT2D eigenvalue weighted by molar-refractivity contribution is 5.76. The molecule has 0 bridgehead atoms. The Kier molecular flexibility index (Phi) is 6.60. The van der Waals surface area contributed by atoms with Gasteiger partial charge >= 0.3 is 0 Å². The Morgan fingerprint density at radius 2 is 1.96 bits per heavy atom. The highest BCUT2D eigenvalue weighted by Gasteiger charge is 2.33. The normalized spacial score (nSPS) is 22.6. The average molecular weight is 318 g/mol. The lowest BCUT2D eigenvalue weighted by Crippen LogP contribution is -2.32. The Hall–Kier alpha value is -1.39. The minimum atomic E-state index is 0.0159. The monoisotopic (exact) mass is 318 g/mol. The van der Waals surface area contributed by atoms with E-state index in [1.165, 1.54) is 5.56 Å². The van der Waals surface area contributed by atoms with Crippen molar-refractivity contribution in [3.63, 3.8) is 0 Å². The van der Waals surface area contributed by atoms with Crippen molar-refractivity contribution in [3.05, 3.63) is 35.9 Å². The number of carbonyl (C=O) groups is 1. The van der Waals surface area contributed by atoms with Crippen molar-refractivity contribution < 1.29 is 9.53 Å². The fraction of sp³-hybridized carbons (Fsp3) is 0.632. The second-order valence-electron chi connectivity index (χ2n) is 7.04. The predicted molar refractivity (Wildman–Crippen MR) is 93.2 cm³/mol. The molecule has 1 amide bonds. The number of likely N-dealkylation sites (tertiary alicyclic amines) is 1. The van der Waals surface area contributed by atoms with Crippen molar-refractivity contribution in [2.24, 2.45) is 11.7 Å². The van der Waals surface area contributed by atoms with Gasteiger partial charge in [0, 0.05) is 25.0 Å². The maximum Gasteiger partial charge on any atom is 0.224 e. The first kappa shape index (κ1) is 18.0. The van der Waals surface area contributed by atoms with E-state index in [4.69, 9.17) is 10.5 Å². The second kappa shape index (κ2) is 8.46. The third-order valence-electron chi connectivity index (χ3n) is 4.47. The Balaban J connectivity index is 1.78. The van der Waals surface area contributed by atoms with Crippen molar-refractivity contribution >= 4 is 5.91 Å². The van der Waals surface area contributed by atoms with Gasteiger partial charge in [-0.05, 0) is 24.8 Å². The zero-order valence-electron chi connectivity index (χ0n) is 14.6. The van der Waals surface area contributed by atoms with E-state index in [9.17, 15) is 4.79 Å². The van der Waals surface area contributed by atoms with Crippen LogP contribution in [-0.4, -0.2) is 42.6 Å². The van der Waals surface area contributed by atoms with E-state index < -0.39 is 0 Å². The highest BCUT2D eigenvalue weighted by Crippen LogP contribution is 2.26. The van der Waals surface area contributed by atoms with E-state index >= 15 is 0 Å². The molecule has 2 N–H and O–H groups in total. The molecule has 0 spiro atoms. The summed E-state index contributed by atoms with van der Waals surface area (Å²) >= 11 is 0. The van der Waals surface area contributed by atoms with Crippen molar-refractivity contribution in [3.8, 4) is 0 Å². The van der Waals surface area contributed by atoms with Crippen molar-refractivity contribution in [2.45, 2.75) is 51.7 Å². The molecule has 4 heteroatoms. The zero-order valence-corrected chi connectivity index (χ0v) is 14.6. The molecule has 1 aliphatic rings. The number of benzene rings is 1. The first-order chi connectivity index (χ1) is 11.0. The topological polar surface area (TPSA) is 55.6 Å². The third-order valence-corrected chi connectivity index (χ3v) is 4.47. The van der Waals surface area contributed by atoms with Crippen molar-refractivity contribution in [1.82, 2.24) is 4.90 Å². The quantitative estimate of drug-likeness (QED) is 0.841. The largest absolute Gasteiger partial charge is 0.378 e. The minimum Gasteiger partial charge on any atom is -0.378 e. The summed E-state index contributed by atoms with van der Waals surface area (Å²) in [6.45, 7) is 8.28. The molecule has 1 aromatic carbocycles. The van der Waals surface area contributed by atoms with E-state index in [1.807, 2.05) is 23.1 Å². The van der Waals surface area contributed by atoms with Gasteiger partial charge in [0.05, 0.1) is 19.1 Å². The van der Waals surface area contributed by atoms with E-state index in [0.717, 1.165) is 6.42 Å². The maximum absolute atomic E-state index is 12.4. The summed E-state index contributed by atoms with van der Waals surface area (Å²) in [4.78, 5) is 14.2. The van der Waals surface area contributed by atoms with Gasteiger partial charge in [0.15, 0.2) is 0 Å². The fourth-order valence-electron chi connectivity index (χ4n) is 3.32. The number of nitrogens with zero attached hydrogens (tertiary/aromatic N) is 1. The van der Waals surface area contributed by atoms with Gasteiger partial charge in [-0.2, -0.15) is 0 Å². The maximum atomic E-state index is 12.4. The van der Waals surface area contributed by atoms with Crippen LogP contribution < -0.4 is 5.73 Å². The molecule has 23 heavy (non-hydrogen) atoms. The van der Waals surface area contributed by atoms with Gasteiger partial charge in [-0.1, -0.05) is 44.2 Å². The number of rotatable bonds is 7. The van der Waals surface area contributed by atoms with Crippen LogP contribution in [0.15, 0.2) is 30.3 Å². The lowest BCUT2D eigenvalue weighted by Gasteiger charge is -2.18. The zero-order chi connectivity index (χ0) is 16.8. The van der Waals surface area contributed by atoms with Crippen molar-refractivity contribution in [2.75, 3.05) is 19.7 Å². The number of carbonyl (C=O) groups excluding carboxylic acids is 1. The molecule has 0 aromatic heterocycles. The van der Waals surface area contributed by atoms with E-state index in [-0.39, 0.29) is 24.0 Å². The van der Waals surface area contributed by atoms with Gasteiger partial charge in [0.2, 0.25) is 5.91 Å². The summed E-state index contributed by atoms with van der Waals surface area (Å²) < 4.78 is 5.74. The number of amides is 1. The fourth-order valence-corrected chi connectivity index (χ4v) is 3.32. The molecule has 0 saturated carbocycles. The van der Waals surface area contributed by atoms with Gasteiger partial charge in [0.1, 0.15) is 0 Å². The number of hydrogen-bond donors (Lipinski definition) is 1. The molecule has 4 nitrogen and oxygen atoms in total. The molecule has 3 atom stereocenters. The molecule has 1 aromatic rings. The molecule has 0 radical (unpaired) electrons. The van der Waals surface area contributed by atoms with Gasteiger partial charge < -0.3 is 15.4 Å². The summed E-state index contributed by atoms with van der Waals surface area (Å²) in [5.41, 5.74) is 7.47. The standard InChI is InChI=1S/C19H30N2O2/c1-14(2)11-15(3)23-10-9-19(22)21-12-17(18(20)13-21)16-7-5-4-6-8-16/h4-8,14-15,17-18H,9-13,20H2,1-3H3/t15?,17-,18+/m0/s1. The average Bonchev–Trinajstić information content (AvgIpc) is 2.89. The lowest BCUT2D eigenvalue weighted by atomic mass is 9.95. The van der Waals surface area contributed by atoms with Crippen molar-refractivity contribution in [1.29, 1.82) is 0 Å². The summed E-state index contributed by atoms with van der Waals surface area (Å²) in [7, 11) is 0. The van der Waals surface area contributed by atoms with E-state index in [2.05, 4.69) is 32.9 Å². The first-order valence-electron chi connectivity index (χ1n) is 8.67. The van der Waals surface area contributed by atoms with E-state index in [0.29, 0.717) is 32.0 Å². The number of nitrogens with two attached hydrogens (primary N) is 1. The number of ether oxygens (including phenoxy) is 1. The van der Waals surface area contributed by atoms with Crippen LogP contribution >= 0.6 is 0 Å². The SMILES string of the molecule is CC(C)CC(C)OCCC(=O)N1C[C@@H](N)[C@H](c2ccccc2)C1. The van der Waals surface area contributed by atoms with Gasteiger partial charge in [-0.15, -0.1) is 0 Å². The molecular weight excluding hydrogens is 288 g/mol. The molecule has 1 saturated heterocycles. The first-order valence-corrected chi connectivity index (χ1v) is 8.67. The molecule has 2 rings (SSSR count). The lowest BCUT2D eigenvalue weighted by molar-refractivity contribution is -0.131. The second-order valence-corrected chi connectivity index (χ2v) is 7.04. The summed E-state index contributed by atoms with van der Waals surface area (Å²) in [6, 6.07) is 10.3. The third kappa shape index (κ3) is 5.33. The Morgan fingerprint density at radius 3 is 2.61 bits per heavy atom. The summed E-state index contributed by atoms with van der Waals surface area (Å²) in [5, 5.41) is 0. The predicted octanol–water partition coefficient (Wildman–Crippen LogP) is 2.78. The molecule has 1 fully saturated rings. The Bertz CT molecular complexity index is 489. The van der Waals surface area contributed by atoms with Crippen LogP contribution in [0.5, 0.6) is 0 Å². The summed E-state index contributed by atoms with van der Waals surface area (Å²) in [6.07, 6.45) is 1.68. The molecule has 1 aliphatic heterocycles. The number of hydrogen-bond acceptors (Lipinski definition) is 3.